The van der Waals surface area contributed by atoms with Crippen LogP contribution in [-0.2, 0) is 4.79 Å². The van der Waals surface area contributed by atoms with Gasteiger partial charge in [0.25, 0.3) is 5.91 Å². The molecule has 0 atom stereocenters. The molecule has 0 spiro atoms. The molecule has 3 fully saturated rings. The van der Waals surface area contributed by atoms with E-state index >= 15 is 0 Å². The van der Waals surface area contributed by atoms with Gasteiger partial charge in [-0.15, -0.1) is 5.10 Å². The second-order valence-electron chi connectivity index (χ2n) is 10.8. The maximum atomic E-state index is 13.1. The Morgan fingerprint density at radius 3 is 2.27 bits per heavy atom. The summed E-state index contributed by atoms with van der Waals surface area (Å²) < 4.78 is 1.60. The lowest BCUT2D eigenvalue weighted by atomic mass is 9.82. The third kappa shape index (κ3) is 6.04. The van der Waals surface area contributed by atoms with Crippen molar-refractivity contribution < 1.29 is 9.59 Å². The second-order valence-corrected chi connectivity index (χ2v) is 11.2. The van der Waals surface area contributed by atoms with Crippen LogP contribution >= 0.6 is 11.6 Å². The Balaban J connectivity index is 1.16. The number of anilines is 3. The summed E-state index contributed by atoms with van der Waals surface area (Å²) in [6.07, 6.45) is 13.4. The van der Waals surface area contributed by atoms with Crippen molar-refractivity contribution in [1.29, 1.82) is 0 Å². The van der Waals surface area contributed by atoms with E-state index in [2.05, 4.69) is 25.9 Å². The number of imidazole rings is 1. The predicted molar refractivity (Wildman–Crippen MR) is 143 cm³/mol. The summed E-state index contributed by atoms with van der Waals surface area (Å²) in [6, 6.07) is 5.99. The number of carbonyl (C=O) groups excluding carboxylic acids is 2. The first-order valence-corrected chi connectivity index (χ1v) is 13.7. The Morgan fingerprint density at radius 1 is 0.919 bits per heavy atom. The largest absolute Gasteiger partial charge is 0.379 e. The average Bonchev–Trinajstić information content (AvgIpc) is 3.80. The van der Waals surface area contributed by atoms with Crippen molar-refractivity contribution in [2.45, 2.75) is 76.3 Å². The maximum Gasteiger partial charge on any atom is 0.276 e. The number of aromatic nitrogens is 4. The lowest BCUT2D eigenvalue weighted by molar-refractivity contribution is -0.120. The number of ketones is 1. The number of carbonyl (C=O) groups is 2. The second kappa shape index (κ2) is 10.3. The molecule has 0 bridgehead atoms. The van der Waals surface area contributed by atoms with Crippen molar-refractivity contribution in [3.8, 4) is 0 Å². The molecule has 1 amide bonds. The smallest absolute Gasteiger partial charge is 0.276 e. The van der Waals surface area contributed by atoms with E-state index < -0.39 is 0 Å². The van der Waals surface area contributed by atoms with Gasteiger partial charge in [0.1, 0.15) is 16.8 Å². The normalized spacial score (nSPS) is 21.5. The first kappa shape index (κ1) is 24.2. The highest BCUT2D eigenvalue weighted by Crippen LogP contribution is 2.35. The van der Waals surface area contributed by atoms with Crippen LogP contribution in [0.1, 0.15) is 74.7 Å². The van der Waals surface area contributed by atoms with E-state index in [1.165, 1.54) is 12.8 Å². The van der Waals surface area contributed by atoms with Gasteiger partial charge in [-0.3, -0.25) is 9.59 Å². The molecule has 6 rings (SSSR count). The van der Waals surface area contributed by atoms with Crippen LogP contribution in [0.25, 0.3) is 5.65 Å². The summed E-state index contributed by atoms with van der Waals surface area (Å²) in [7, 11) is 0. The molecule has 0 unspecified atom stereocenters. The number of Topliss-reactive ketones (excluding diaryl/α,β-unsaturated/α-hetero) is 1. The van der Waals surface area contributed by atoms with E-state index in [1.807, 2.05) is 6.07 Å². The number of rotatable bonds is 10. The summed E-state index contributed by atoms with van der Waals surface area (Å²) in [6.45, 7) is 0. The van der Waals surface area contributed by atoms with E-state index in [9.17, 15) is 9.59 Å². The van der Waals surface area contributed by atoms with E-state index in [4.69, 9.17) is 16.7 Å². The lowest BCUT2D eigenvalue weighted by Crippen LogP contribution is -2.28. The zero-order valence-corrected chi connectivity index (χ0v) is 21.5. The number of halogens is 1. The standard InChI is InChI=1S/C27H32ClN7O2/c28-24-13-20(9-10-29-24)33-27(37)23-15-30-26-22(31-18-7-8-18)14-25(34-35(23)26)32-19-5-3-17(4-6-19)12-21(36)11-16-1-2-16/h9-10,13-19,31H,1-8,11-12H2,(H,32,34)(H,29,33,37). The summed E-state index contributed by atoms with van der Waals surface area (Å²) in [4.78, 5) is 33.9. The van der Waals surface area contributed by atoms with Gasteiger partial charge in [0.05, 0.1) is 11.9 Å². The summed E-state index contributed by atoms with van der Waals surface area (Å²) in [5.41, 5.74) is 2.37. The summed E-state index contributed by atoms with van der Waals surface area (Å²) in [5.74, 6) is 2.00. The third-order valence-electron chi connectivity index (χ3n) is 7.55. The highest BCUT2D eigenvalue weighted by molar-refractivity contribution is 6.29. The zero-order chi connectivity index (χ0) is 25.4. The summed E-state index contributed by atoms with van der Waals surface area (Å²) in [5, 5.41) is 15.0. The first-order valence-electron chi connectivity index (χ1n) is 13.4. The Bertz CT molecular complexity index is 1310. The Kier molecular flexibility index (Phi) is 6.71. The molecule has 0 saturated heterocycles. The number of hydrogen-bond acceptors (Lipinski definition) is 7. The van der Waals surface area contributed by atoms with Gasteiger partial charge in [-0.25, -0.2) is 14.5 Å². The van der Waals surface area contributed by atoms with Crippen molar-refractivity contribution in [2.24, 2.45) is 11.8 Å². The molecule has 0 radical (unpaired) electrons. The number of pyridine rings is 1. The maximum absolute atomic E-state index is 13.1. The fourth-order valence-corrected chi connectivity index (χ4v) is 5.37. The predicted octanol–water partition coefficient (Wildman–Crippen LogP) is 5.33. The Morgan fingerprint density at radius 2 is 1.59 bits per heavy atom. The SMILES string of the molecule is O=C(CC1CC1)CC1CCC(Nc2cc(NC3CC3)c3ncc(C(=O)Nc4ccnc(Cl)c4)n3n2)CC1. The van der Waals surface area contributed by atoms with Gasteiger partial charge in [-0.05, 0) is 75.3 Å². The van der Waals surface area contributed by atoms with Crippen LogP contribution in [0.2, 0.25) is 5.15 Å². The first-order chi connectivity index (χ1) is 18.0. The number of fused-ring (bicyclic) bond motifs is 1. The molecule has 3 saturated carbocycles. The lowest BCUT2D eigenvalue weighted by Gasteiger charge is -2.29. The van der Waals surface area contributed by atoms with Crippen molar-refractivity contribution in [2.75, 3.05) is 16.0 Å². The molecule has 3 aliphatic rings. The molecule has 194 valence electrons. The Labute approximate surface area is 220 Å². The minimum Gasteiger partial charge on any atom is -0.379 e. The number of amides is 1. The Hall–Kier alpha value is -3.20. The third-order valence-corrected chi connectivity index (χ3v) is 7.76. The highest BCUT2D eigenvalue weighted by atomic mass is 35.5. The van der Waals surface area contributed by atoms with E-state index in [1.54, 1.807) is 29.0 Å². The molecular formula is C27H32ClN7O2. The zero-order valence-electron chi connectivity index (χ0n) is 20.8. The van der Waals surface area contributed by atoms with Crippen LogP contribution in [0.15, 0.2) is 30.6 Å². The minimum absolute atomic E-state index is 0.285. The molecule has 37 heavy (non-hydrogen) atoms. The van der Waals surface area contributed by atoms with Crippen LogP contribution in [0, 0.1) is 11.8 Å². The van der Waals surface area contributed by atoms with Crippen LogP contribution in [0.5, 0.6) is 0 Å². The molecule has 10 heteroatoms. The molecule has 0 aliphatic heterocycles. The quantitative estimate of drug-likeness (QED) is 0.309. The fourth-order valence-electron chi connectivity index (χ4n) is 5.19. The van der Waals surface area contributed by atoms with Gasteiger partial charge in [-0.1, -0.05) is 11.6 Å². The molecule has 9 nitrogen and oxygen atoms in total. The molecule has 3 aromatic rings. The van der Waals surface area contributed by atoms with Crippen molar-refractivity contribution >= 4 is 46.1 Å². The van der Waals surface area contributed by atoms with Gasteiger partial charge < -0.3 is 16.0 Å². The van der Waals surface area contributed by atoms with E-state index in [0.29, 0.717) is 51.7 Å². The van der Waals surface area contributed by atoms with Gasteiger partial charge in [-0.2, -0.15) is 0 Å². The average molecular weight is 522 g/mol. The molecule has 3 heterocycles. The van der Waals surface area contributed by atoms with Crippen LogP contribution in [-0.4, -0.2) is 43.4 Å². The molecule has 3 aromatic heterocycles. The fraction of sp³-hybridized carbons (Fsp3) is 0.519. The number of nitrogens with one attached hydrogen (secondary N) is 3. The van der Waals surface area contributed by atoms with Crippen molar-refractivity contribution in [3.05, 3.63) is 41.4 Å². The number of hydrogen-bond donors (Lipinski definition) is 3. The van der Waals surface area contributed by atoms with Crippen LogP contribution in [0.4, 0.5) is 17.2 Å². The molecular weight excluding hydrogens is 490 g/mol. The minimum atomic E-state index is -0.326. The van der Waals surface area contributed by atoms with Gasteiger partial charge in [0.15, 0.2) is 11.3 Å². The van der Waals surface area contributed by atoms with Crippen LogP contribution in [0.3, 0.4) is 0 Å². The molecule has 3 N–H and O–H groups in total. The molecule has 3 aliphatic carbocycles. The van der Waals surface area contributed by atoms with Gasteiger partial charge in [0, 0.05) is 42.9 Å². The van der Waals surface area contributed by atoms with Crippen molar-refractivity contribution in [1.82, 2.24) is 19.6 Å². The highest BCUT2D eigenvalue weighted by Gasteiger charge is 2.29. The monoisotopic (exact) mass is 521 g/mol. The van der Waals surface area contributed by atoms with Gasteiger partial charge >= 0.3 is 0 Å². The van der Waals surface area contributed by atoms with E-state index in [0.717, 1.165) is 57.1 Å². The van der Waals surface area contributed by atoms with Gasteiger partial charge in [0.2, 0.25) is 0 Å². The summed E-state index contributed by atoms with van der Waals surface area (Å²) >= 11 is 5.97. The number of nitrogens with zero attached hydrogens (tertiary/aromatic N) is 4. The molecule has 0 aromatic carbocycles. The van der Waals surface area contributed by atoms with Crippen molar-refractivity contribution in [3.63, 3.8) is 0 Å². The van der Waals surface area contributed by atoms with Crippen LogP contribution < -0.4 is 16.0 Å². The topological polar surface area (TPSA) is 113 Å². The van der Waals surface area contributed by atoms with E-state index in [-0.39, 0.29) is 11.9 Å².